The number of primary amides is 1. The molecule has 156 valence electrons. The van der Waals surface area contributed by atoms with E-state index in [-0.39, 0.29) is 23.1 Å². The van der Waals surface area contributed by atoms with Crippen LogP contribution in [0, 0.1) is 26.7 Å². The average molecular weight is 420 g/mol. The van der Waals surface area contributed by atoms with E-state index >= 15 is 0 Å². The maximum absolute atomic E-state index is 13.0. The fourth-order valence-electron chi connectivity index (χ4n) is 3.61. The maximum atomic E-state index is 13.0. The number of hydrogen-bond acceptors (Lipinski definition) is 6. The number of piperidine rings is 1. The van der Waals surface area contributed by atoms with Gasteiger partial charge < -0.3 is 15.6 Å². The molecular formula is C19H24N4O5S. The first kappa shape index (κ1) is 21.0. The quantitative estimate of drug-likeness (QED) is 0.756. The van der Waals surface area contributed by atoms with Gasteiger partial charge in [0.25, 0.3) is 0 Å². The lowest BCUT2D eigenvalue weighted by molar-refractivity contribution is -0.120. The van der Waals surface area contributed by atoms with Crippen LogP contribution in [0.4, 0.5) is 5.69 Å². The summed E-state index contributed by atoms with van der Waals surface area (Å²) in [6.45, 7) is 5.28. The fraction of sp³-hybridized carbons (Fsp3) is 0.421. The predicted octanol–water partition coefficient (Wildman–Crippen LogP) is 1.74. The third-order valence-electron chi connectivity index (χ3n) is 5.08. The van der Waals surface area contributed by atoms with E-state index in [1.807, 2.05) is 0 Å². The van der Waals surface area contributed by atoms with Gasteiger partial charge in [-0.2, -0.15) is 4.31 Å². The second-order valence-corrected chi connectivity index (χ2v) is 9.11. The molecule has 1 aliphatic rings. The topological polar surface area (TPSA) is 136 Å². The zero-order valence-electron chi connectivity index (χ0n) is 16.6. The summed E-state index contributed by atoms with van der Waals surface area (Å²) in [5.74, 6) is -1.06. The zero-order chi connectivity index (χ0) is 21.3. The molecule has 1 aromatic carbocycles. The first-order chi connectivity index (χ1) is 13.6. The zero-order valence-corrected chi connectivity index (χ0v) is 17.4. The van der Waals surface area contributed by atoms with E-state index < -0.39 is 21.8 Å². The highest BCUT2D eigenvalue weighted by atomic mass is 32.2. The summed E-state index contributed by atoms with van der Waals surface area (Å²) >= 11 is 0. The summed E-state index contributed by atoms with van der Waals surface area (Å²) in [5, 5.41) is 6.53. The average Bonchev–Trinajstić information content (AvgIpc) is 3.00. The second kappa shape index (κ2) is 7.96. The van der Waals surface area contributed by atoms with Crippen molar-refractivity contribution in [3.8, 4) is 0 Å². The number of anilines is 1. The van der Waals surface area contributed by atoms with Gasteiger partial charge in [0.2, 0.25) is 21.8 Å². The van der Waals surface area contributed by atoms with E-state index in [4.69, 9.17) is 10.3 Å². The Labute approximate surface area is 169 Å². The molecule has 3 N–H and O–H groups in total. The van der Waals surface area contributed by atoms with Gasteiger partial charge in [-0.1, -0.05) is 5.16 Å². The number of amides is 2. The van der Waals surface area contributed by atoms with Crippen LogP contribution in [0.5, 0.6) is 0 Å². The Kier molecular flexibility index (Phi) is 5.76. The van der Waals surface area contributed by atoms with Gasteiger partial charge >= 0.3 is 0 Å². The van der Waals surface area contributed by atoms with Crippen LogP contribution >= 0.6 is 0 Å². The van der Waals surface area contributed by atoms with E-state index in [0.717, 1.165) is 0 Å². The minimum atomic E-state index is -3.80. The molecule has 1 aromatic heterocycles. The van der Waals surface area contributed by atoms with Crippen molar-refractivity contribution in [1.29, 1.82) is 0 Å². The van der Waals surface area contributed by atoms with Gasteiger partial charge in [0.1, 0.15) is 10.6 Å². The highest BCUT2D eigenvalue weighted by Crippen LogP contribution is 2.28. The molecule has 0 saturated carbocycles. The summed E-state index contributed by atoms with van der Waals surface area (Å²) in [5.41, 5.74) is 7.18. The molecule has 0 spiro atoms. The van der Waals surface area contributed by atoms with Gasteiger partial charge in [-0.3, -0.25) is 9.59 Å². The van der Waals surface area contributed by atoms with Crippen LogP contribution < -0.4 is 11.1 Å². The molecule has 1 aliphatic heterocycles. The smallest absolute Gasteiger partial charge is 0.248 e. The number of aromatic nitrogens is 1. The third kappa shape index (κ3) is 4.18. The maximum Gasteiger partial charge on any atom is 0.248 e. The molecule has 0 radical (unpaired) electrons. The van der Waals surface area contributed by atoms with Gasteiger partial charge in [0, 0.05) is 24.3 Å². The number of aryl methyl sites for hydroxylation is 3. The van der Waals surface area contributed by atoms with Crippen molar-refractivity contribution >= 4 is 27.5 Å². The molecule has 9 nitrogen and oxygen atoms in total. The summed E-state index contributed by atoms with van der Waals surface area (Å²) < 4.78 is 32.3. The van der Waals surface area contributed by atoms with Crippen LogP contribution in [0.2, 0.25) is 0 Å². The van der Waals surface area contributed by atoms with Crippen molar-refractivity contribution in [3.05, 3.63) is 40.8 Å². The van der Waals surface area contributed by atoms with Crippen molar-refractivity contribution in [1.82, 2.24) is 9.46 Å². The highest BCUT2D eigenvalue weighted by molar-refractivity contribution is 7.89. The summed E-state index contributed by atoms with van der Waals surface area (Å²) in [4.78, 5) is 24.1. The first-order valence-corrected chi connectivity index (χ1v) is 10.7. The molecule has 3 rings (SSSR count). The summed E-state index contributed by atoms with van der Waals surface area (Å²) in [6, 6.07) is 4.83. The Morgan fingerprint density at radius 2 is 2.00 bits per heavy atom. The highest BCUT2D eigenvalue weighted by Gasteiger charge is 2.36. The fourth-order valence-corrected chi connectivity index (χ4v) is 5.42. The van der Waals surface area contributed by atoms with E-state index in [1.54, 1.807) is 39.0 Å². The number of nitrogens with one attached hydrogen (secondary N) is 1. The van der Waals surface area contributed by atoms with E-state index in [0.29, 0.717) is 41.9 Å². The molecule has 1 atom stereocenters. The monoisotopic (exact) mass is 420 g/mol. The number of carbonyl (C=O) groups excluding carboxylic acids is 2. The number of sulfonamides is 1. The lowest BCUT2D eigenvalue weighted by Crippen LogP contribution is -2.43. The van der Waals surface area contributed by atoms with Crippen molar-refractivity contribution < 1.29 is 22.5 Å². The van der Waals surface area contributed by atoms with Crippen LogP contribution in [-0.2, 0) is 14.8 Å². The molecule has 0 aliphatic carbocycles. The van der Waals surface area contributed by atoms with E-state index in [9.17, 15) is 18.0 Å². The standard InChI is InChI=1S/C19H24N4O5S/c1-11-9-15(6-7-16(11)18(20)24)21-19(25)14-5-4-8-23(10-14)29(26,27)17-12(2)22-28-13(17)3/h6-7,9,14H,4-5,8,10H2,1-3H3,(H2,20,24)(H,21,25). The van der Waals surface area contributed by atoms with Crippen LogP contribution in [-0.4, -0.2) is 42.8 Å². The number of rotatable bonds is 5. The predicted molar refractivity (Wildman–Crippen MR) is 106 cm³/mol. The Morgan fingerprint density at radius 1 is 1.28 bits per heavy atom. The summed E-state index contributed by atoms with van der Waals surface area (Å²) in [7, 11) is -3.80. The Morgan fingerprint density at radius 3 is 2.59 bits per heavy atom. The molecule has 10 heteroatoms. The molecular weight excluding hydrogens is 396 g/mol. The number of hydrogen-bond donors (Lipinski definition) is 2. The van der Waals surface area contributed by atoms with Crippen molar-refractivity contribution in [2.24, 2.45) is 11.7 Å². The van der Waals surface area contributed by atoms with Crippen LogP contribution in [0.25, 0.3) is 0 Å². The van der Waals surface area contributed by atoms with E-state index in [1.165, 1.54) is 4.31 Å². The molecule has 2 heterocycles. The minimum absolute atomic E-state index is 0.0659. The van der Waals surface area contributed by atoms with Crippen LogP contribution in [0.15, 0.2) is 27.6 Å². The van der Waals surface area contributed by atoms with E-state index in [2.05, 4.69) is 10.5 Å². The van der Waals surface area contributed by atoms with Crippen LogP contribution in [0.3, 0.4) is 0 Å². The van der Waals surface area contributed by atoms with Crippen molar-refractivity contribution in [2.75, 3.05) is 18.4 Å². The van der Waals surface area contributed by atoms with Gasteiger partial charge in [-0.05, 0) is 57.4 Å². The number of nitrogens with zero attached hydrogens (tertiary/aromatic N) is 2. The molecule has 1 unspecified atom stereocenters. The SMILES string of the molecule is Cc1cc(NC(=O)C2CCCN(S(=O)(=O)c3c(C)noc3C)C2)ccc1C(N)=O. The Hall–Kier alpha value is -2.72. The third-order valence-corrected chi connectivity index (χ3v) is 7.19. The van der Waals surface area contributed by atoms with Gasteiger partial charge in [0.15, 0.2) is 5.76 Å². The van der Waals surface area contributed by atoms with Gasteiger partial charge in [-0.15, -0.1) is 0 Å². The lowest BCUT2D eigenvalue weighted by atomic mass is 9.98. The number of nitrogens with two attached hydrogens (primary N) is 1. The minimum Gasteiger partial charge on any atom is -0.366 e. The lowest BCUT2D eigenvalue weighted by Gasteiger charge is -2.31. The second-order valence-electron chi connectivity index (χ2n) is 7.24. The molecule has 2 aromatic rings. The molecule has 0 bridgehead atoms. The molecule has 2 amide bonds. The normalized spacial score (nSPS) is 17.8. The van der Waals surface area contributed by atoms with Gasteiger partial charge in [0.05, 0.1) is 5.92 Å². The largest absolute Gasteiger partial charge is 0.366 e. The van der Waals surface area contributed by atoms with Crippen LogP contribution in [0.1, 0.15) is 40.2 Å². The van der Waals surface area contributed by atoms with Crippen molar-refractivity contribution in [3.63, 3.8) is 0 Å². The number of carbonyl (C=O) groups is 2. The molecule has 1 saturated heterocycles. The number of benzene rings is 1. The van der Waals surface area contributed by atoms with Gasteiger partial charge in [-0.25, -0.2) is 8.42 Å². The molecule has 29 heavy (non-hydrogen) atoms. The Bertz CT molecular complexity index is 1040. The van der Waals surface area contributed by atoms with Crippen molar-refractivity contribution in [2.45, 2.75) is 38.5 Å². The summed E-state index contributed by atoms with van der Waals surface area (Å²) in [6.07, 6.45) is 1.15. The molecule has 1 fully saturated rings. The Balaban J connectivity index is 1.75. The first-order valence-electron chi connectivity index (χ1n) is 9.25.